The Morgan fingerprint density at radius 3 is 2.91 bits per heavy atom. The van der Waals surface area contributed by atoms with Crippen LogP contribution in [0, 0.1) is 11.3 Å². The molecule has 0 aromatic carbocycles. The van der Waals surface area contributed by atoms with Crippen LogP contribution >= 0.6 is 12.6 Å². The fourth-order valence-corrected chi connectivity index (χ4v) is 0.951. The van der Waals surface area contributed by atoms with Crippen LogP contribution in [0.5, 0.6) is 0 Å². The lowest BCUT2D eigenvalue weighted by atomic mass is 10.1. The second-order valence-electron chi connectivity index (χ2n) is 2.65. The molecule has 1 aliphatic carbocycles. The van der Waals surface area contributed by atoms with E-state index < -0.39 is 0 Å². The van der Waals surface area contributed by atoms with Crippen LogP contribution in [-0.4, -0.2) is 4.75 Å². The molecule has 11 heavy (non-hydrogen) atoms. The Morgan fingerprint density at radius 2 is 2.27 bits per heavy atom. The first kappa shape index (κ1) is 8.16. The van der Waals surface area contributed by atoms with Crippen molar-refractivity contribution >= 4 is 12.6 Å². The molecule has 1 unspecified atom stereocenters. The van der Waals surface area contributed by atoms with Crippen molar-refractivity contribution in [3.63, 3.8) is 0 Å². The average Bonchev–Trinajstić information content (AvgIpc) is 2.10. The van der Waals surface area contributed by atoms with Crippen LogP contribution in [0.1, 0.15) is 6.92 Å². The molecule has 0 saturated heterocycles. The first-order valence-electron chi connectivity index (χ1n) is 3.35. The van der Waals surface area contributed by atoms with Crippen LogP contribution < -0.4 is 0 Å². The van der Waals surface area contributed by atoms with Gasteiger partial charge in [0.15, 0.2) is 0 Å². The summed E-state index contributed by atoms with van der Waals surface area (Å²) in [5.74, 6) is 0. The van der Waals surface area contributed by atoms with Crippen LogP contribution in [0.25, 0.3) is 0 Å². The van der Waals surface area contributed by atoms with Gasteiger partial charge >= 0.3 is 0 Å². The minimum atomic E-state index is -0.227. The molecule has 0 bridgehead atoms. The summed E-state index contributed by atoms with van der Waals surface area (Å²) in [6.07, 6.45) is 9.25. The summed E-state index contributed by atoms with van der Waals surface area (Å²) in [6.45, 7) is 1.97. The third-order valence-electron chi connectivity index (χ3n) is 1.44. The molecule has 0 aliphatic heterocycles. The van der Waals surface area contributed by atoms with Crippen LogP contribution in [0.3, 0.4) is 0 Å². The van der Waals surface area contributed by atoms with Crippen molar-refractivity contribution in [2.24, 2.45) is 0 Å². The van der Waals surface area contributed by atoms with Gasteiger partial charge in [-0.05, 0) is 19.1 Å². The van der Waals surface area contributed by atoms with Gasteiger partial charge in [-0.25, -0.2) is 0 Å². The van der Waals surface area contributed by atoms with E-state index in [4.69, 9.17) is 5.26 Å². The Balaban J connectivity index is 2.94. The lowest BCUT2D eigenvalue weighted by molar-refractivity contribution is 1.02. The zero-order chi connectivity index (χ0) is 8.32. The van der Waals surface area contributed by atoms with Crippen molar-refractivity contribution in [1.82, 2.24) is 0 Å². The number of hydrogen-bond donors (Lipinski definition) is 1. The maximum atomic E-state index is 8.56. The Kier molecular flexibility index (Phi) is 2.21. The molecular weight excluding hydrogens is 154 g/mol. The zero-order valence-electron chi connectivity index (χ0n) is 6.28. The number of nitriles is 1. The van der Waals surface area contributed by atoms with E-state index >= 15 is 0 Å². The summed E-state index contributed by atoms with van der Waals surface area (Å²) in [7, 11) is 0. The van der Waals surface area contributed by atoms with E-state index in [1.165, 1.54) is 0 Å². The number of thiol groups is 1. The molecule has 0 fully saturated rings. The maximum absolute atomic E-state index is 8.56. The minimum Gasteiger partial charge on any atom is -0.192 e. The standard InChI is InChI=1S/C9H9NS/c1-9(11)5-2-3-8(7-10)4-6-9/h2-6,11H,1H3. The van der Waals surface area contributed by atoms with Gasteiger partial charge in [0.2, 0.25) is 0 Å². The van der Waals surface area contributed by atoms with Gasteiger partial charge in [0.25, 0.3) is 0 Å². The highest BCUT2D eigenvalue weighted by molar-refractivity contribution is 7.82. The molecule has 2 heteroatoms. The first-order chi connectivity index (χ1) is 5.14. The maximum Gasteiger partial charge on any atom is 0.0991 e. The molecule has 0 N–H and O–H groups in total. The highest BCUT2D eigenvalue weighted by Crippen LogP contribution is 2.20. The molecule has 1 nitrogen and oxygen atoms in total. The summed E-state index contributed by atoms with van der Waals surface area (Å²) >= 11 is 4.35. The molecule has 0 aromatic heterocycles. The van der Waals surface area contributed by atoms with Gasteiger partial charge < -0.3 is 0 Å². The first-order valence-corrected chi connectivity index (χ1v) is 3.80. The van der Waals surface area contributed by atoms with E-state index in [1.807, 2.05) is 25.2 Å². The summed E-state index contributed by atoms with van der Waals surface area (Å²) in [5, 5.41) is 8.56. The Hall–Kier alpha value is -0.940. The fourth-order valence-electron chi connectivity index (χ4n) is 0.791. The highest BCUT2D eigenvalue weighted by atomic mass is 32.1. The number of hydrogen-bond acceptors (Lipinski definition) is 2. The van der Waals surface area contributed by atoms with Crippen molar-refractivity contribution in [3.8, 4) is 6.07 Å². The molecule has 0 saturated carbocycles. The van der Waals surface area contributed by atoms with E-state index in [9.17, 15) is 0 Å². The third-order valence-corrected chi connectivity index (χ3v) is 1.74. The number of nitrogens with zero attached hydrogens (tertiary/aromatic N) is 1. The lowest BCUT2D eigenvalue weighted by Crippen LogP contribution is -2.06. The average molecular weight is 163 g/mol. The van der Waals surface area contributed by atoms with E-state index in [0.29, 0.717) is 5.57 Å². The zero-order valence-corrected chi connectivity index (χ0v) is 7.18. The monoisotopic (exact) mass is 163 g/mol. The molecule has 1 atom stereocenters. The molecule has 0 radical (unpaired) electrons. The second kappa shape index (κ2) is 2.98. The van der Waals surface area contributed by atoms with Crippen LogP contribution in [0.15, 0.2) is 36.0 Å². The number of allylic oxidation sites excluding steroid dienone is 4. The van der Waals surface area contributed by atoms with Gasteiger partial charge in [-0.2, -0.15) is 17.9 Å². The summed E-state index contributed by atoms with van der Waals surface area (Å²) in [6, 6.07) is 2.07. The summed E-state index contributed by atoms with van der Waals surface area (Å²) < 4.78 is -0.227. The van der Waals surface area contributed by atoms with Crippen molar-refractivity contribution in [3.05, 3.63) is 36.0 Å². The molecule has 1 rings (SSSR count). The fraction of sp³-hybridized carbons (Fsp3) is 0.222. The molecule has 0 heterocycles. The topological polar surface area (TPSA) is 23.8 Å². The summed E-state index contributed by atoms with van der Waals surface area (Å²) in [4.78, 5) is 0. The smallest absolute Gasteiger partial charge is 0.0991 e. The molecule has 56 valence electrons. The molecule has 0 amide bonds. The molecular formula is C9H9NS. The van der Waals surface area contributed by atoms with Crippen LogP contribution in [0.2, 0.25) is 0 Å². The Morgan fingerprint density at radius 1 is 1.55 bits per heavy atom. The van der Waals surface area contributed by atoms with Gasteiger partial charge in [-0.15, -0.1) is 0 Å². The van der Waals surface area contributed by atoms with E-state index in [0.717, 1.165) is 0 Å². The van der Waals surface area contributed by atoms with E-state index in [2.05, 4.69) is 18.7 Å². The van der Waals surface area contributed by atoms with E-state index in [1.54, 1.807) is 12.2 Å². The SMILES string of the molecule is CC1(S)C=CC=C(C#N)C=C1. The van der Waals surface area contributed by atoms with Gasteiger partial charge in [-0.3, -0.25) is 0 Å². The second-order valence-corrected chi connectivity index (χ2v) is 3.62. The van der Waals surface area contributed by atoms with Crippen molar-refractivity contribution < 1.29 is 0 Å². The normalized spacial score (nSPS) is 29.0. The highest BCUT2D eigenvalue weighted by Gasteiger charge is 2.10. The predicted molar refractivity (Wildman–Crippen MR) is 49.4 cm³/mol. The van der Waals surface area contributed by atoms with E-state index in [-0.39, 0.29) is 4.75 Å². The molecule has 0 aromatic rings. The number of rotatable bonds is 0. The van der Waals surface area contributed by atoms with Gasteiger partial charge in [0.05, 0.1) is 11.6 Å². The van der Waals surface area contributed by atoms with Crippen molar-refractivity contribution in [1.29, 1.82) is 5.26 Å². The van der Waals surface area contributed by atoms with Crippen molar-refractivity contribution in [2.75, 3.05) is 0 Å². The van der Waals surface area contributed by atoms with Crippen LogP contribution in [0.4, 0.5) is 0 Å². The molecule has 1 aliphatic rings. The van der Waals surface area contributed by atoms with Gasteiger partial charge in [0.1, 0.15) is 0 Å². The predicted octanol–water partition coefficient (Wildman–Crippen LogP) is 2.25. The largest absolute Gasteiger partial charge is 0.192 e. The Labute approximate surface area is 72.1 Å². The quantitative estimate of drug-likeness (QED) is 0.544. The molecule has 0 spiro atoms. The Bertz CT molecular complexity index is 276. The lowest BCUT2D eigenvalue weighted by Gasteiger charge is -2.10. The summed E-state index contributed by atoms with van der Waals surface area (Å²) in [5.41, 5.74) is 0.666. The minimum absolute atomic E-state index is 0.227. The van der Waals surface area contributed by atoms with Crippen molar-refractivity contribution in [2.45, 2.75) is 11.7 Å². The van der Waals surface area contributed by atoms with Gasteiger partial charge in [0, 0.05) is 4.75 Å². The van der Waals surface area contributed by atoms with Gasteiger partial charge in [-0.1, -0.05) is 18.2 Å². The van der Waals surface area contributed by atoms with Crippen LogP contribution in [-0.2, 0) is 0 Å². The third kappa shape index (κ3) is 2.28.